The van der Waals surface area contributed by atoms with E-state index in [4.69, 9.17) is 13.9 Å². The molecule has 0 amide bonds. The zero-order chi connectivity index (χ0) is 21.0. The lowest BCUT2D eigenvalue weighted by atomic mass is 10.1. The molecule has 0 radical (unpaired) electrons. The molecule has 1 heterocycles. The highest BCUT2D eigenvalue weighted by Gasteiger charge is 2.22. The second-order valence-electron chi connectivity index (χ2n) is 5.96. The average Bonchev–Trinajstić information content (AvgIpc) is 3.23. The number of anilines is 1. The molecule has 10 heteroatoms. The van der Waals surface area contributed by atoms with Crippen molar-refractivity contribution in [3.05, 3.63) is 64.0 Å². The van der Waals surface area contributed by atoms with Gasteiger partial charge in [-0.2, -0.15) is 0 Å². The normalized spacial score (nSPS) is 11.6. The number of nitro groups is 1. The van der Waals surface area contributed by atoms with E-state index in [2.05, 4.69) is 15.5 Å². The third-order valence-corrected chi connectivity index (χ3v) is 4.11. The van der Waals surface area contributed by atoms with Crippen LogP contribution in [0.4, 0.5) is 11.4 Å². The molecule has 0 saturated heterocycles. The minimum atomic E-state index is -0.843. The van der Waals surface area contributed by atoms with Crippen LogP contribution >= 0.6 is 0 Å². The van der Waals surface area contributed by atoms with Gasteiger partial charge in [-0.1, -0.05) is 0 Å². The van der Waals surface area contributed by atoms with Gasteiger partial charge in [0, 0.05) is 18.7 Å². The Balaban J connectivity index is 1.74. The summed E-state index contributed by atoms with van der Waals surface area (Å²) < 4.78 is 16.0. The van der Waals surface area contributed by atoms with Gasteiger partial charge in [0.15, 0.2) is 6.10 Å². The molecule has 2 aromatic carbocycles. The van der Waals surface area contributed by atoms with Crippen molar-refractivity contribution in [3.63, 3.8) is 0 Å². The Morgan fingerprint density at radius 1 is 1.21 bits per heavy atom. The third-order valence-electron chi connectivity index (χ3n) is 4.11. The van der Waals surface area contributed by atoms with E-state index < -0.39 is 17.0 Å². The van der Waals surface area contributed by atoms with E-state index in [0.29, 0.717) is 17.0 Å². The zero-order valence-electron chi connectivity index (χ0n) is 15.9. The minimum absolute atomic E-state index is 0.0393. The van der Waals surface area contributed by atoms with Crippen LogP contribution in [0.25, 0.3) is 11.5 Å². The standard InChI is InChI=1S/C19H18N4O6/c1-11(17-21-22-18(29-17)12-4-7-14(27-3)8-5-12)28-19(24)13-6-9-15(20-2)16(10-13)23(25)26/h4-11,20H,1-3H3/t11-/m1/s1. The van der Waals surface area contributed by atoms with Gasteiger partial charge in [-0.15, -0.1) is 10.2 Å². The summed E-state index contributed by atoms with van der Waals surface area (Å²) in [4.78, 5) is 23.0. The first-order chi connectivity index (χ1) is 13.9. The summed E-state index contributed by atoms with van der Waals surface area (Å²) in [5.41, 5.74) is 0.786. The van der Waals surface area contributed by atoms with Crippen molar-refractivity contribution in [3.8, 4) is 17.2 Å². The van der Waals surface area contributed by atoms with Gasteiger partial charge in [-0.3, -0.25) is 10.1 Å². The fraction of sp³-hybridized carbons (Fsp3) is 0.211. The molecule has 1 aromatic heterocycles. The highest BCUT2D eigenvalue weighted by Crippen LogP contribution is 2.27. The summed E-state index contributed by atoms with van der Waals surface area (Å²) in [6, 6.07) is 11.1. The number of carbonyl (C=O) groups excluding carboxylic acids is 1. The van der Waals surface area contributed by atoms with Crippen LogP contribution in [-0.2, 0) is 4.74 Å². The predicted octanol–water partition coefficient (Wildman–Crippen LogP) is 3.61. The number of hydrogen-bond acceptors (Lipinski definition) is 9. The van der Waals surface area contributed by atoms with Gasteiger partial charge in [0.2, 0.25) is 5.89 Å². The summed E-state index contributed by atoms with van der Waals surface area (Å²) in [6.45, 7) is 1.57. The van der Waals surface area contributed by atoms with Crippen LogP contribution in [0.1, 0.15) is 29.3 Å². The largest absolute Gasteiger partial charge is 0.497 e. The Morgan fingerprint density at radius 2 is 1.93 bits per heavy atom. The maximum absolute atomic E-state index is 12.4. The van der Waals surface area contributed by atoms with E-state index in [-0.39, 0.29) is 23.0 Å². The predicted molar refractivity (Wildman–Crippen MR) is 103 cm³/mol. The molecule has 0 bridgehead atoms. The number of nitrogens with zero attached hydrogens (tertiary/aromatic N) is 3. The third kappa shape index (κ3) is 4.32. The van der Waals surface area contributed by atoms with Crippen LogP contribution in [0.5, 0.6) is 5.75 Å². The molecule has 150 valence electrons. The first-order valence-corrected chi connectivity index (χ1v) is 8.58. The minimum Gasteiger partial charge on any atom is -0.497 e. The van der Waals surface area contributed by atoms with Crippen molar-refractivity contribution in [2.75, 3.05) is 19.5 Å². The molecule has 0 saturated carbocycles. The van der Waals surface area contributed by atoms with Crippen molar-refractivity contribution in [1.82, 2.24) is 10.2 Å². The SMILES string of the molecule is CNc1ccc(C(=O)O[C@H](C)c2nnc(-c3ccc(OC)cc3)o2)cc1[N+](=O)[O-]. The van der Waals surface area contributed by atoms with Gasteiger partial charge >= 0.3 is 5.97 Å². The Labute approximate surface area is 165 Å². The number of benzene rings is 2. The van der Waals surface area contributed by atoms with Gasteiger partial charge in [0.1, 0.15) is 11.4 Å². The van der Waals surface area contributed by atoms with Crippen molar-refractivity contribution in [1.29, 1.82) is 0 Å². The fourth-order valence-corrected chi connectivity index (χ4v) is 2.55. The second kappa shape index (κ2) is 8.38. The number of ether oxygens (including phenoxy) is 2. The van der Waals surface area contributed by atoms with Crippen LogP contribution in [0.15, 0.2) is 46.9 Å². The van der Waals surface area contributed by atoms with E-state index in [1.54, 1.807) is 45.3 Å². The molecule has 0 fully saturated rings. The number of aromatic nitrogens is 2. The Bertz CT molecular complexity index is 1030. The molecule has 1 N–H and O–H groups in total. The van der Waals surface area contributed by atoms with Gasteiger partial charge < -0.3 is 19.2 Å². The van der Waals surface area contributed by atoms with Crippen molar-refractivity contribution < 1.29 is 23.6 Å². The summed E-state index contributed by atoms with van der Waals surface area (Å²) in [7, 11) is 3.12. The number of rotatable bonds is 7. The lowest BCUT2D eigenvalue weighted by molar-refractivity contribution is -0.384. The Morgan fingerprint density at radius 3 is 2.55 bits per heavy atom. The van der Waals surface area contributed by atoms with Gasteiger partial charge in [-0.25, -0.2) is 4.79 Å². The first-order valence-electron chi connectivity index (χ1n) is 8.58. The Kier molecular flexibility index (Phi) is 5.72. The molecule has 0 spiro atoms. The van der Waals surface area contributed by atoms with Crippen LogP contribution in [-0.4, -0.2) is 35.2 Å². The first kappa shape index (κ1) is 19.8. The molecule has 1 atom stereocenters. The van der Waals surface area contributed by atoms with Crippen molar-refractivity contribution >= 4 is 17.3 Å². The van der Waals surface area contributed by atoms with Gasteiger partial charge in [-0.05, 0) is 43.3 Å². The molecule has 3 rings (SSSR count). The highest BCUT2D eigenvalue weighted by molar-refractivity contribution is 5.91. The molecule has 0 aliphatic carbocycles. The molecule has 3 aromatic rings. The number of carbonyl (C=O) groups is 1. The molecule has 0 unspecified atom stereocenters. The lowest BCUT2D eigenvalue weighted by Gasteiger charge is -2.10. The monoisotopic (exact) mass is 398 g/mol. The van der Waals surface area contributed by atoms with Crippen LogP contribution in [0.3, 0.4) is 0 Å². The number of hydrogen-bond donors (Lipinski definition) is 1. The maximum atomic E-state index is 12.4. The van der Waals surface area contributed by atoms with E-state index in [9.17, 15) is 14.9 Å². The summed E-state index contributed by atoms with van der Waals surface area (Å²) in [6.07, 6.45) is -0.843. The number of nitrogens with one attached hydrogen (secondary N) is 1. The van der Waals surface area contributed by atoms with Crippen LogP contribution < -0.4 is 10.1 Å². The zero-order valence-corrected chi connectivity index (χ0v) is 15.9. The molecular formula is C19H18N4O6. The van der Waals surface area contributed by atoms with Crippen LogP contribution in [0, 0.1) is 10.1 Å². The van der Waals surface area contributed by atoms with Crippen molar-refractivity contribution in [2.24, 2.45) is 0 Å². The smallest absolute Gasteiger partial charge is 0.339 e. The molecule has 29 heavy (non-hydrogen) atoms. The second-order valence-corrected chi connectivity index (χ2v) is 5.96. The maximum Gasteiger partial charge on any atom is 0.339 e. The molecular weight excluding hydrogens is 380 g/mol. The molecule has 0 aliphatic rings. The lowest BCUT2D eigenvalue weighted by Crippen LogP contribution is -2.10. The molecule has 10 nitrogen and oxygen atoms in total. The number of esters is 1. The average molecular weight is 398 g/mol. The summed E-state index contributed by atoms with van der Waals surface area (Å²) >= 11 is 0. The van der Waals surface area contributed by atoms with E-state index >= 15 is 0 Å². The fourth-order valence-electron chi connectivity index (χ4n) is 2.55. The summed E-state index contributed by atoms with van der Waals surface area (Å²) in [5, 5.41) is 21.7. The van der Waals surface area contributed by atoms with E-state index in [0.717, 1.165) is 6.07 Å². The number of methoxy groups -OCH3 is 1. The van der Waals surface area contributed by atoms with Gasteiger partial charge in [0.25, 0.3) is 11.6 Å². The van der Waals surface area contributed by atoms with Crippen molar-refractivity contribution in [2.45, 2.75) is 13.0 Å². The highest BCUT2D eigenvalue weighted by atomic mass is 16.6. The molecule has 0 aliphatic heterocycles. The summed E-state index contributed by atoms with van der Waals surface area (Å²) in [5.74, 6) is 0.312. The topological polar surface area (TPSA) is 130 Å². The number of nitro benzene ring substituents is 1. The van der Waals surface area contributed by atoms with E-state index in [1.807, 2.05) is 0 Å². The Hall–Kier alpha value is -3.95. The van der Waals surface area contributed by atoms with E-state index in [1.165, 1.54) is 12.1 Å². The van der Waals surface area contributed by atoms with Gasteiger partial charge in [0.05, 0.1) is 17.6 Å². The quantitative estimate of drug-likeness (QED) is 0.360. The van der Waals surface area contributed by atoms with Crippen LogP contribution in [0.2, 0.25) is 0 Å².